The van der Waals surface area contributed by atoms with Crippen molar-refractivity contribution in [1.82, 2.24) is 25.4 Å². The Morgan fingerprint density at radius 1 is 1.00 bits per heavy atom. The summed E-state index contributed by atoms with van der Waals surface area (Å²) < 4.78 is 1.97. The van der Waals surface area contributed by atoms with Gasteiger partial charge < -0.3 is 5.32 Å². The van der Waals surface area contributed by atoms with Gasteiger partial charge in [-0.25, -0.2) is 4.79 Å². The van der Waals surface area contributed by atoms with Crippen LogP contribution in [0.2, 0.25) is 0 Å². The van der Waals surface area contributed by atoms with Crippen LogP contribution in [0.5, 0.6) is 0 Å². The zero-order chi connectivity index (χ0) is 23.0. The molecular weight excluding hydrogens is 434 g/mol. The fourth-order valence-electron chi connectivity index (χ4n) is 4.15. The van der Waals surface area contributed by atoms with E-state index in [-0.39, 0.29) is 17.7 Å². The lowest BCUT2D eigenvalue weighted by molar-refractivity contribution is -0.117. The molecule has 4 rings (SSSR count). The van der Waals surface area contributed by atoms with Crippen molar-refractivity contribution < 1.29 is 9.59 Å². The number of hydrogen-bond acceptors (Lipinski definition) is 5. The minimum atomic E-state index is -0.423. The van der Waals surface area contributed by atoms with Crippen LogP contribution in [-0.4, -0.2) is 38.5 Å². The summed E-state index contributed by atoms with van der Waals surface area (Å²) in [4.78, 5) is 24.7. The average molecular weight is 464 g/mol. The Hall–Kier alpha value is -3.13. The molecule has 172 valence electrons. The molecule has 2 aromatic carbocycles. The Kier molecular flexibility index (Phi) is 7.78. The van der Waals surface area contributed by atoms with Crippen LogP contribution in [0.25, 0.3) is 5.69 Å². The third-order valence-corrected chi connectivity index (χ3v) is 6.86. The molecule has 0 bridgehead atoms. The molecule has 0 radical (unpaired) electrons. The molecule has 1 saturated carbocycles. The van der Waals surface area contributed by atoms with Crippen LogP contribution < -0.4 is 10.6 Å². The number of imide groups is 1. The molecular formula is C25H29N5O2S. The van der Waals surface area contributed by atoms with Gasteiger partial charge in [0.1, 0.15) is 5.82 Å². The number of benzene rings is 2. The second kappa shape index (κ2) is 11.1. The second-order valence-corrected chi connectivity index (χ2v) is 9.35. The number of aromatic nitrogens is 3. The van der Waals surface area contributed by atoms with E-state index in [4.69, 9.17) is 0 Å². The number of nitrogens with zero attached hydrogens (tertiary/aromatic N) is 3. The molecule has 2 unspecified atom stereocenters. The number of hydrogen-bond donors (Lipinski definition) is 2. The monoisotopic (exact) mass is 463 g/mol. The summed E-state index contributed by atoms with van der Waals surface area (Å²) in [5.74, 6) is 0.943. The Morgan fingerprint density at radius 3 is 2.42 bits per heavy atom. The number of nitrogens with one attached hydrogen (secondary N) is 2. The minimum Gasteiger partial charge on any atom is -0.335 e. The molecule has 8 heteroatoms. The molecule has 1 heterocycles. The maximum atomic E-state index is 12.4. The first kappa shape index (κ1) is 23.0. The molecule has 3 aromatic rings. The van der Waals surface area contributed by atoms with E-state index in [0.29, 0.717) is 17.5 Å². The van der Waals surface area contributed by atoms with Crippen LogP contribution in [0.15, 0.2) is 65.8 Å². The largest absolute Gasteiger partial charge is 0.335 e. The van der Waals surface area contributed by atoms with Gasteiger partial charge in [-0.15, -0.1) is 10.2 Å². The van der Waals surface area contributed by atoms with Crippen molar-refractivity contribution >= 4 is 23.7 Å². The maximum absolute atomic E-state index is 12.4. The van der Waals surface area contributed by atoms with Crippen molar-refractivity contribution in [2.75, 3.05) is 5.75 Å². The highest BCUT2D eigenvalue weighted by atomic mass is 32.2. The first-order valence-electron chi connectivity index (χ1n) is 11.4. The molecule has 0 spiro atoms. The van der Waals surface area contributed by atoms with Crippen molar-refractivity contribution in [1.29, 1.82) is 0 Å². The molecule has 1 aliphatic carbocycles. The third-order valence-electron chi connectivity index (χ3n) is 5.93. The number of urea groups is 1. The molecule has 1 fully saturated rings. The molecule has 2 atom stereocenters. The number of amides is 3. The topological polar surface area (TPSA) is 88.9 Å². The molecule has 0 aliphatic heterocycles. The van der Waals surface area contributed by atoms with Crippen LogP contribution in [0.1, 0.15) is 44.0 Å². The fourth-order valence-corrected chi connectivity index (χ4v) is 4.92. The molecule has 0 saturated heterocycles. The third kappa shape index (κ3) is 6.22. The average Bonchev–Trinajstić information content (AvgIpc) is 3.22. The normalized spacial score (nSPS) is 18.0. The minimum absolute atomic E-state index is 0.0734. The van der Waals surface area contributed by atoms with Crippen molar-refractivity contribution in [2.45, 2.75) is 50.2 Å². The van der Waals surface area contributed by atoms with Crippen molar-refractivity contribution in [3.63, 3.8) is 0 Å². The van der Waals surface area contributed by atoms with Gasteiger partial charge in [-0.1, -0.05) is 80.1 Å². The Labute approximate surface area is 198 Å². The summed E-state index contributed by atoms with van der Waals surface area (Å²) in [7, 11) is 0. The lowest BCUT2D eigenvalue weighted by Gasteiger charge is -2.29. The van der Waals surface area contributed by atoms with Gasteiger partial charge in [0, 0.05) is 18.2 Å². The number of thioether (sulfide) groups is 1. The zero-order valence-electron chi connectivity index (χ0n) is 18.7. The van der Waals surface area contributed by atoms with E-state index in [9.17, 15) is 9.59 Å². The maximum Gasteiger partial charge on any atom is 0.321 e. The van der Waals surface area contributed by atoms with Gasteiger partial charge in [-0.2, -0.15) is 0 Å². The quantitative estimate of drug-likeness (QED) is 0.509. The smallest absolute Gasteiger partial charge is 0.321 e. The van der Waals surface area contributed by atoms with Gasteiger partial charge in [0.05, 0.1) is 5.75 Å². The highest BCUT2D eigenvalue weighted by molar-refractivity contribution is 7.99. The first-order chi connectivity index (χ1) is 16.1. The zero-order valence-corrected chi connectivity index (χ0v) is 19.6. The lowest BCUT2D eigenvalue weighted by atomic mass is 9.86. The number of rotatable bonds is 7. The summed E-state index contributed by atoms with van der Waals surface area (Å²) in [6.45, 7) is 2.14. The van der Waals surface area contributed by atoms with E-state index in [1.165, 1.54) is 18.2 Å². The summed E-state index contributed by atoms with van der Waals surface area (Å²) in [6.07, 6.45) is 5.00. The summed E-state index contributed by atoms with van der Waals surface area (Å²) in [6, 6.07) is 19.6. The Morgan fingerprint density at radius 2 is 1.70 bits per heavy atom. The number of carbonyl (C=O) groups is 2. The van der Waals surface area contributed by atoms with E-state index in [1.54, 1.807) is 0 Å². The van der Waals surface area contributed by atoms with Crippen LogP contribution in [0, 0.1) is 5.92 Å². The van der Waals surface area contributed by atoms with Crippen LogP contribution in [0.3, 0.4) is 0 Å². The van der Waals surface area contributed by atoms with Gasteiger partial charge in [0.15, 0.2) is 5.16 Å². The van der Waals surface area contributed by atoms with E-state index in [0.717, 1.165) is 36.3 Å². The summed E-state index contributed by atoms with van der Waals surface area (Å²) in [5, 5.41) is 14.8. The fraction of sp³-hybridized carbons (Fsp3) is 0.360. The lowest BCUT2D eigenvalue weighted by Crippen LogP contribution is -2.48. The first-order valence-corrected chi connectivity index (χ1v) is 12.4. The van der Waals surface area contributed by atoms with E-state index < -0.39 is 6.03 Å². The van der Waals surface area contributed by atoms with Gasteiger partial charge in [-0.05, 0) is 36.5 Å². The van der Waals surface area contributed by atoms with Gasteiger partial charge in [0.25, 0.3) is 0 Å². The molecule has 3 amide bonds. The standard InChI is InChI=1S/C25H29N5O2S/c1-18-10-8-9-15-21(18)26-24(32)27-23(31)17-33-25-29-28-22(16-19-11-4-2-5-12-19)30(25)20-13-6-3-7-14-20/h2-7,11-14,18,21H,8-10,15-17H2,1H3,(H2,26,27,31,32). The molecule has 2 N–H and O–H groups in total. The predicted octanol–water partition coefficient (Wildman–Crippen LogP) is 4.35. The van der Waals surface area contributed by atoms with Crippen LogP contribution in [-0.2, 0) is 11.2 Å². The SMILES string of the molecule is CC1CCCCC1NC(=O)NC(=O)CSc1nnc(Cc2ccccc2)n1-c1ccccc1. The highest BCUT2D eigenvalue weighted by Crippen LogP contribution is 2.24. The van der Waals surface area contributed by atoms with E-state index in [2.05, 4.69) is 39.9 Å². The summed E-state index contributed by atoms with van der Waals surface area (Å²) in [5.41, 5.74) is 2.06. The van der Waals surface area contributed by atoms with Gasteiger partial charge in [-0.3, -0.25) is 14.7 Å². The van der Waals surface area contributed by atoms with Crippen molar-refractivity contribution in [3.05, 3.63) is 72.1 Å². The van der Waals surface area contributed by atoms with Crippen molar-refractivity contribution in [2.24, 2.45) is 5.92 Å². The molecule has 1 aliphatic rings. The van der Waals surface area contributed by atoms with Crippen LogP contribution >= 0.6 is 11.8 Å². The molecule has 1 aromatic heterocycles. The Bertz CT molecular complexity index is 1070. The number of para-hydroxylation sites is 1. The van der Waals surface area contributed by atoms with Crippen molar-refractivity contribution in [3.8, 4) is 5.69 Å². The van der Waals surface area contributed by atoms with E-state index in [1.807, 2.05) is 53.1 Å². The van der Waals surface area contributed by atoms with Gasteiger partial charge in [0.2, 0.25) is 5.91 Å². The second-order valence-electron chi connectivity index (χ2n) is 8.41. The van der Waals surface area contributed by atoms with Crippen LogP contribution in [0.4, 0.5) is 4.79 Å². The summed E-state index contributed by atoms with van der Waals surface area (Å²) >= 11 is 1.27. The van der Waals surface area contributed by atoms with E-state index >= 15 is 0 Å². The number of carbonyl (C=O) groups excluding carboxylic acids is 2. The van der Waals surface area contributed by atoms with Gasteiger partial charge >= 0.3 is 6.03 Å². The predicted molar refractivity (Wildman–Crippen MR) is 129 cm³/mol. The highest BCUT2D eigenvalue weighted by Gasteiger charge is 2.23. The Balaban J connectivity index is 1.41. The molecule has 7 nitrogen and oxygen atoms in total. The molecule has 33 heavy (non-hydrogen) atoms.